The number of amides is 1. The molecule has 29 heavy (non-hydrogen) atoms. The van der Waals surface area contributed by atoms with Gasteiger partial charge in [0.2, 0.25) is 0 Å². The molecule has 0 aliphatic rings. The smallest absolute Gasteiger partial charge is 0.274 e. The number of aryl methyl sites for hydroxylation is 1. The Hall–Kier alpha value is -3.26. The number of carbonyl (C=O) groups is 1. The first-order valence-corrected chi connectivity index (χ1v) is 9.69. The Labute approximate surface area is 174 Å². The van der Waals surface area contributed by atoms with Crippen LogP contribution in [0.3, 0.4) is 0 Å². The molecular formula is C21H17BrFN5O. The lowest BCUT2D eigenvalue weighted by Gasteiger charge is -2.03. The molecule has 0 bridgehead atoms. The van der Waals surface area contributed by atoms with E-state index in [0.717, 1.165) is 11.1 Å². The molecule has 0 saturated carbocycles. The zero-order valence-electron chi connectivity index (χ0n) is 15.5. The number of benzene rings is 2. The van der Waals surface area contributed by atoms with E-state index in [1.165, 1.54) is 6.07 Å². The van der Waals surface area contributed by atoms with Gasteiger partial charge in [-0.25, -0.2) is 4.39 Å². The number of nitrogens with one attached hydrogen (secondary N) is 2. The van der Waals surface area contributed by atoms with E-state index in [4.69, 9.17) is 0 Å². The van der Waals surface area contributed by atoms with Gasteiger partial charge < -0.3 is 5.32 Å². The van der Waals surface area contributed by atoms with Gasteiger partial charge in [0, 0.05) is 17.3 Å². The third kappa shape index (κ3) is 4.27. The average molecular weight is 454 g/mol. The number of carbonyl (C=O) groups excluding carboxylic acids is 1. The fourth-order valence-corrected chi connectivity index (χ4v) is 3.26. The number of hydrogen-bond donors (Lipinski definition) is 2. The molecule has 2 heterocycles. The zero-order valence-corrected chi connectivity index (χ0v) is 17.1. The summed E-state index contributed by atoms with van der Waals surface area (Å²) >= 11 is 3.38. The fourth-order valence-electron chi connectivity index (χ4n) is 2.85. The summed E-state index contributed by atoms with van der Waals surface area (Å²) in [5.41, 5.74) is 3.58. The Morgan fingerprint density at radius 3 is 2.72 bits per heavy atom. The van der Waals surface area contributed by atoms with Crippen LogP contribution in [0, 0.1) is 12.7 Å². The summed E-state index contributed by atoms with van der Waals surface area (Å²) in [6.45, 7) is 2.26. The van der Waals surface area contributed by atoms with Gasteiger partial charge in [-0.15, -0.1) is 0 Å². The van der Waals surface area contributed by atoms with Crippen molar-refractivity contribution in [2.45, 2.75) is 13.5 Å². The minimum absolute atomic E-state index is 0.253. The van der Waals surface area contributed by atoms with Gasteiger partial charge in [0.15, 0.2) is 5.82 Å². The first-order chi connectivity index (χ1) is 14.0. The molecule has 4 aromatic rings. The van der Waals surface area contributed by atoms with Gasteiger partial charge in [-0.1, -0.05) is 48.0 Å². The summed E-state index contributed by atoms with van der Waals surface area (Å²) in [7, 11) is 0. The number of nitrogens with zero attached hydrogens (tertiary/aromatic N) is 3. The van der Waals surface area contributed by atoms with Gasteiger partial charge in [-0.2, -0.15) is 10.2 Å². The first-order valence-electron chi connectivity index (χ1n) is 8.90. The molecule has 2 aromatic heterocycles. The van der Waals surface area contributed by atoms with Gasteiger partial charge in [-0.3, -0.25) is 14.6 Å². The van der Waals surface area contributed by atoms with Crippen molar-refractivity contribution in [1.29, 1.82) is 0 Å². The third-order valence-electron chi connectivity index (χ3n) is 4.41. The topological polar surface area (TPSA) is 75.6 Å². The molecule has 6 nitrogen and oxygen atoms in total. The van der Waals surface area contributed by atoms with Crippen LogP contribution in [0.4, 0.5) is 10.2 Å². The molecule has 0 unspecified atom stereocenters. The molecule has 0 aliphatic heterocycles. The van der Waals surface area contributed by atoms with Crippen LogP contribution in [0.2, 0.25) is 0 Å². The monoisotopic (exact) mass is 453 g/mol. The summed E-state index contributed by atoms with van der Waals surface area (Å²) in [5, 5.41) is 14.0. The van der Waals surface area contributed by atoms with Crippen molar-refractivity contribution in [2.75, 3.05) is 5.32 Å². The van der Waals surface area contributed by atoms with Crippen LogP contribution in [-0.4, -0.2) is 25.9 Å². The summed E-state index contributed by atoms with van der Waals surface area (Å²) in [6, 6.07) is 16.1. The van der Waals surface area contributed by atoms with Crippen molar-refractivity contribution < 1.29 is 9.18 Å². The van der Waals surface area contributed by atoms with E-state index in [2.05, 4.69) is 36.5 Å². The van der Waals surface area contributed by atoms with E-state index < -0.39 is 0 Å². The minimum Gasteiger partial charge on any atom is -0.303 e. The van der Waals surface area contributed by atoms with Gasteiger partial charge in [0.1, 0.15) is 11.5 Å². The molecule has 0 aliphatic carbocycles. The van der Waals surface area contributed by atoms with E-state index in [1.54, 1.807) is 35.1 Å². The predicted octanol–water partition coefficient (Wildman–Crippen LogP) is 4.78. The number of H-pyrrole nitrogens is 1. The highest BCUT2D eigenvalue weighted by atomic mass is 79.9. The van der Waals surface area contributed by atoms with Gasteiger partial charge in [0.05, 0.1) is 16.7 Å². The lowest BCUT2D eigenvalue weighted by atomic mass is 10.1. The lowest BCUT2D eigenvalue weighted by molar-refractivity contribution is 0.102. The van der Waals surface area contributed by atoms with Gasteiger partial charge >= 0.3 is 0 Å². The second kappa shape index (κ2) is 8.00. The molecule has 2 N–H and O–H groups in total. The quantitative estimate of drug-likeness (QED) is 0.456. The van der Waals surface area contributed by atoms with E-state index in [0.29, 0.717) is 27.2 Å². The predicted molar refractivity (Wildman–Crippen MR) is 112 cm³/mol. The molecular weight excluding hydrogens is 437 g/mol. The number of aromatic amines is 1. The van der Waals surface area contributed by atoms with Crippen molar-refractivity contribution >= 4 is 27.7 Å². The van der Waals surface area contributed by atoms with Crippen LogP contribution in [0.1, 0.15) is 21.6 Å². The van der Waals surface area contributed by atoms with Crippen molar-refractivity contribution in [1.82, 2.24) is 20.0 Å². The minimum atomic E-state index is -0.368. The zero-order chi connectivity index (χ0) is 20.4. The second-order valence-electron chi connectivity index (χ2n) is 6.60. The second-order valence-corrected chi connectivity index (χ2v) is 7.46. The summed E-state index contributed by atoms with van der Waals surface area (Å²) < 4.78 is 16.0. The van der Waals surface area contributed by atoms with E-state index in [9.17, 15) is 9.18 Å². The number of anilines is 1. The van der Waals surface area contributed by atoms with Crippen LogP contribution >= 0.6 is 15.9 Å². The van der Waals surface area contributed by atoms with Crippen LogP contribution in [0.25, 0.3) is 11.3 Å². The maximum absolute atomic E-state index is 13.8. The molecule has 0 radical (unpaired) electrons. The van der Waals surface area contributed by atoms with Crippen LogP contribution in [0.5, 0.6) is 0 Å². The molecule has 1 amide bonds. The molecule has 2 aromatic carbocycles. The van der Waals surface area contributed by atoms with Crippen molar-refractivity contribution in [3.63, 3.8) is 0 Å². The van der Waals surface area contributed by atoms with Gasteiger partial charge in [-0.05, 0) is 35.0 Å². The lowest BCUT2D eigenvalue weighted by Crippen LogP contribution is -2.13. The van der Waals surface area contributed by atoms with Crippen molar-refractivity contribution in [2.24, 2.45) is 0 Å². The summed E-state index contributed by atoms with van der Waals surface area (Å²) in [6.07, 6.45) is 1.69. The average Bonchev–Trinajstić information content (AvgIpc) is 3.32. The number of aromatic nitrogens is 4. The molecule has 0 saturated heterocycles. The Morgan fingerprint density at radius 1 is 1.21 bits per heavy atom. The van der Waals surface area contributed by atoms with Crippen LogP contribution in [-0.2, 0) is 6.54 Å². The van der Waals surface area contributed by atoms with E-state index >= 15 is 0 Å². The molecule has 0 spiro atoms. The van der Waals surface area contributed by atoms with E-state index in [-0.39, 0.29) is 18.3 Å². The normalized spacial score (nSPS) is 10.9. The Balaban J connectivity index is 1.48. The first kappa shape index (κ1) is 19.1. The fraction of sp³-hybridized carbons (Fsp3) is 0.0952. The van der Waals surface area contributed by atoms with Crippen molar-refractivity contribution in [3.8, 4) is 11.3 Å². The van der Waals surface area contributed by atoms with Crippen LogP contribution in [0.15, 0.2) is 65.3 Å². The molecule has 0 atom stereocenters. The Kier molecular flexibility index (Phi) is 5.26. The van der Waals surface area contributed by atoms with Crippen LogP contribution < -0.4 is 5.32 Å². The maximum atomic E-state index is 13.8. The molecule has 4 rings (SSSR count). The summed E-state index contributed by atoms with van der Waals surface area (Å²) in [4.78, 5) is 12.6. The SMILES string of the molecule is Cc1ccc(-c2cc(C(=O)Nc3nn(Cc4ccccc4F)cc3Br)[nH]n2)cc1. The Morgan fingerprint density at radius 2 is 1.97 bits per heavy atom. The highest BCUT2D eigenvalue weighted by molar-refractivity contribution is 9.10. The van der Waals surface area contributed by atoms with E-state index in [1.807, 2.05) is 31.2 Å². The maximum Gasteiger partial charge on any atom is 0.274 e. The standard InChI is InChI=1S/C21H17BrFN5O/c1-13-6-8-14(9-7-13)18-10-19(26-25-18)21(29)24-20-16(22)12-28(27-20)11-15-4-2-3-5-17(15)23/h2-10,12H,11H2,1H3,(H,25,26)(H,24,27,29). The number of hydrogen-bond acceptors (Lipinski definition) is 3. The Bertz CT molecular complexity index is 1170. The molecule has 0 fully saturated rings. The molecule has 8 heteroatoms. The van der Waals surface area contributed by atoms with Crippen molar-refractivity contribution in [3.05, 3.63) is 87.9 Å². The third-order valence-corrected chi connectivity index (χ3v) is 4.99. The highest BCUT2D eigenvalue weighted by Gasteiger charge is 2.15. The summed E-state index contributed by atoms with van der Waals surface area (Å²) in [5.74, 6) is -0.323. The highest BCUT2D eigenvalue weighted by Crippen LogP contribution is 2.23. The largest absolute Gasteiger partial charge is 0.303 e. The molecule has 146 valence electrons. The number of halogens is 2. The van der Waals surface area contributed by atoms with Gasteiger partial charge in [0.25, 0.3) is 5.91 Å². The number of rotatable bonds is 5.